The lowest BCUT2D eigenvalue weighted by atomic mass is 10.1. The quantitative estimate of drug-likeness (QED) is 0.367. The van der Waals surface area contributed by atoms with Crippen molar-refractivity contribution in [3.05, 3.63) is 35.9 Å². The Kier molecular flexibility index (Phi) is 4.47. The second kappa shape index (κ2) is 5.87. The van der Waals surface area contributed by atoms with Crippen molar-refractivity contribution in [3.8, 4) is 0 Å². The number of Topliss-reactive ketones (excluding diaryl/α,β-unsaturated/α-hetero) is 1. The molecule has 0 aliphatic carbocycles. The van der Waals surface area contributed by atoms with E-state index >= 15 is 0 Å². The molecule has 0 fully saturated rings. The van der Waals surface area contributed by atoms with Gasteiger partial charge < -0.3 is 4.74 Å². The van der Waals surface area contributed by atoms with Crippen LogP contribution in [-0.4, -0.2) is 23.3 Å². The molecule has 1 aromatic carbocycles. The number of rotatable bonds is 4. The summed E-state index contributed by atoms with van der Waals surface area (Å²) in [5, 5.41) is 7.98. The summed E-state index contributed by atoms with van der Waals surface area (Å²) in [7, 11) is 0. The zero-order valence-electron chi connectivity index (χ0n) is 8.75. The molecule has 0 aliphatic heterocycles. The summed E-state index contributed by atoms with van der Waals surface area (Å²) < 4.78 is 4.56. The van der Waals surface area contributed by atoms with Gasteiger partial charge in [0.1, 0.15) is 6.10 Å². The molecule has 16 heavy (non-hydrogen) atoms. The van der Waals surface area contributed by atoms with Crippen LogP contribution in [0.2, 0.25) is 0 Å². The Balaban J connectivity index is 2.49. The van der Waals surface area contributed by atoms with E-state index < -0.39 is 12.3 Å². The Morgan fingerprint density at radius 1 is 1.31 bits per heavy atom. The first-order valence-corrected chi connectivity index (χ1v) is 4.73. The van der Waals surface area contributed by atoms with Gasteiger partial charge in [0.2, 0.25) is 0 Å². The molecule has 0 aromatic heterocycles. The molecule has 5 heteroatoms. The van der Waals surface area contributed by atoms with Crippen molar-refractivity contribution in [1.82, 2.24) is 0 Å². The summed E-state index contributed by atoms with van der Waals surface area (Å²) >= 11 is 0. The zero-order valence-corrected chi connectivity index (χ0v) is 8.75. The van der Waals surface area contributed by atoms with E-state index in [1.165, 1.54) is 6.92 Å². The first-order valence-electron chi connectivity index (χ1n) is 4.73. The third kappa shape index (κ3) is 3.70. The Morgan fingerprint density at radius 2 is 1.94 bits per heavy atom. The van der Waals surface area contributed by atoms with Crippen molar-refractivity contribution in [1.29, 1.82) is 0 Å². The van der Waals surface area contributed by atoms with Gasteiger partial charge in [-0.15, -0.1) is 0 Å². The van der Waals surface area contributed by atoms with Crippen LogP contribution in [0.1, 0.15) is 23.7 Å². The van der Waals surface area contributed by atoms with Gasteiger partial charge in [-0.05, 0) is 6.92 Å². The fraction of sp³-hybridized carbons (Fsp3) is 0.273. The zero-order chi connectivity index (χ0) is 12.0. The number of hydrogen-bond acceptors (Lipinski definition) is 5. The van der Waals surface area contributed by atoms with Gasteiger partial charge in [-0.2, -0.15) is 5.26 Å². The van der Waals surface area contributed by atoms with Crippen molar-refractivity contribution in [2.24, 2.45) is 0 Å². The maximum absolute atomic E-state index is 11.6. The van der Waals surface area contributed by atoms with Crippen molar-refractivity contribution >= 4 is 11.9 Å². The lowest BCUT2D eigenvalue weighted by molar-refractivity contribution is -0.204. The minimum absolute atomic E-state index is 0.0408. The predicted molar refractivity (Wildman–Crippen MR) is 55.0 cm³/mol. The molecular formula is C11H12O5. The van der Waals surface area contributed by atoms with Crippen LogP contribution in [0.5, 0.6) is 0 Å². The van der Waals surface area contributed by atoms with E-state index in [2.05, 4.69) is 9.62 Å². The molecule has 0 amide bonds. The predicted octanol–water partition coefficient (Wildman–Crippen LogP) is 2.27. The monoisotopic (exact) mass is 224 g/mol. The fourth-order valence-corrected chi connectivity index (χ4v) is 1.23. The Labute approximate surface area is 92.5 Å². The summed E-state index contributed by atoms with van der Waals surface area (Å²) in [5.74, 6) is -0.140. The average Bonchev–Trinajstić information content (AvgIpc) is 2.29. The molecule has 0 spiro atoms. The number of ketones is 1. The third-order valence-corrected chi connectivity index (χ3v) is 1.94. The number of ether oxygens (including phenoxy) is 1. The Bertz CT molecular complexity index is 360. The van der Waals surface area contributed by atoms with Crippen LogP contribution >= 0.6 is 0 Å². The van der Waals surface area contributed by atoms with Gasteiger partial charge >= 0.3 is 6.16 Å². The van der Waals surface area contributed by atoms with E-state index in [1.807, 2.05) is 0 Å². The maximum Gasteiger partial charge on any atom is 0.540 e. The third-order valence-electron chi connectivity index (χ3n) is 1.94. The Hall–Kier alpha value is -1.88. The number of carbonyl (C=O) groups is 2. The van der Waals surface area contributed by atoms with E-state index in [9.17, 15) is 9.59 Å². The molecule has 86 valence electrons. The highest BCUT2D eigenvalue weighted by molar-refractivity contribution is 5.96. The topological polar surface area (TPSA) is 72.8 Å². The first-order chi connectivity index (χ1) is 7.63. The highest BCUT2D eigenvalue weighted by atomic mass is 17.1. The second-order valence-corrected chi connectivity index (χ2v) is 3.26. The minimum atomic E-state index is -1.21. The summed E-state index contributed by atoms with van der Waals surface area (Å²) in [6, 6.07) is 8.67. The van der Waals surface area contributed by atoms with Gasteiger partial charge in [0, 0.05) is 12.0 Å². The van der Waals surface area contributed by atoms with Crippen LogP contribution in [0.3, 0.4) is 0 Å². The molecule has 0 heterocycles. The van der Waals surface area contributed by atoms with Gasteiger partial charge in [0.05, 0.1) is 0 Å². The smallest absolute Gasteiger partial charge is 0.429 e. The summed E-state index contributed by atoms with van der Waals surface area (Å²) in [5.41, 5.74) is 0.551. The minimum Gasteiger partial charge on any atom is -0.429 e. The van der Waals surface area contributed by atoms with Crippen LogP contribution in [0.15, 0.2) is 30.3 Å². The molecule has 1 aromatic rings. The lowest BCUT2D eigenvalue weighted by Gasteiger charge is -2.09. The Morgan fingerprint density at radius 3 is 2.50 bits per heavy atom. The molecule has 1 N–H and O–H groups in total. The molecule has 5 nitrogen and oxygen atoms in total. The molecule has 1 unspecified atom stereocenters. The largest absolute Gasteiger partial charge is 0.540 e. The van der Waals surface area contributed by atoms with Crippen molar-refractivity contribution in [2.75, 3.05) is 0 Å². The summed E-state index contributed by atoms with van der Waals surface area (Å²) in [6.07, 6.45) is -1.82. The van der Waals surface area contributed by atoms with Crippen LogP contribution < -0.4 is 0 Å². The highest BCUT2D eigenvalue weighted by Gasteiger charge is 2.15. The molecule has 1 atom stereocenters. The molecular weight excluding hydrogens is 212 g/mol. The van der Waals surface area contributed by atoms with Crippen molar-refractivity contribution in [3.63, 3.8) is 0 Å². The van der Waals surface area contributed by atoms with Gasteiger partial charge in [-0.1, -0.05) is 30.3 Å². The van der Waals surface area contributed by atoms with E-state index in [1.54, 1.807) is 30.3 Å². The molecule has 0 saturated carbocycles. The average molecular weight is 224 g/mol. The van der Waals surface area contributed by atoms with Crippen LogP contribution in [-0.2, 0) is 9.62 Å². The SMILES string of the molecule is CC(CC(=O)c1ccccc1)OC(=O)OO. The molecule has 1 rings (SSSR count). The van der Waals surface area contributed by atoms with Crippen molar-refractivity contribution < 1.29 is 24.5 Å². The fourth-order valence-electron chi connectivity index (χ4n) is 1.23. The van der Waals surface area contributed by atoms with Gasteiger partial charge in [-0.3, -0.25) is 9.68 Å². The second-order valence-electron chi connectivity index (χ2n) is 3.26. The van der Waals surface area contributed by atoms with Crippen LogP contribution in [0, 0.1) is 0 Å². The molecule has 0 aliphatic rings. The van der Waals surface area contributed by atoms with Crippen LogP contribution in [0.25, 0.3) is 0 Å². The molecule has 0 bridgehead atoms. The van der Waals surface area contributed by atoms with Gasteiger partial charge in [0.15, 0.2) is 5.78 Å². The van der Waals surface area contributed by atoms with E-state index in [-0.39, 0.29) is 12.2 Å². The van der Waals surface area contributed by atoms with E-state index in [4.69, 9.17) is 5.26 Å². The number of hydrogen-bond donors (Lipinski definition) is 1. The first kappa shape index (κ1) is 12.2. The lowest BCUT2D eigenvalue weighted by Crippen LogP contribution is -2.18. The normalized spacial score (nSPS) is 11.6. The highest BCUT2D eigenvalue weighted by Crippen LogP contribution is 2.07. The van der Waals surface area contributed by atoms with Crippen LogP contribution in [0.4, 0.5) is 4.79 Å². The van der Waals surface area contributed by atoms with Gasteiger partial charge in [-0.25, -0.2) is 4.79 Å². The molecule has 0 saturated heterocycles. The van der Waals surface area contributed by atoms with E-state index in [0.717, 1.165) is 0 Å². The number of carbonyl (C=O) groups excluding carboxylic acids is 2. The number of benzene rings is 1. The summed E-state index contributed by atoms with van der Waals surface area (Å²) in [6.45, 7) is 1.54. The maximum atomic E-state index is 11.6. The standard InChI is InChI=1S/C11H12O5/c1-8(15-11(13)16-14)7-10(12)9-5-3-2-4-6-9/h2-6,8,14H,7H2,1H3. The van der Waals surface area contributed by atoms with E-state index in [0.29, 0.717) is 5.56 Å². The van der Waals surface area contributed by atoms with Crippen molar-refractivity contribution in [2.45, 2.75) is 19.4 Å². The molecule has 0 radical (unpaired) electrons. The summed E-state index contributed by atoms with van der Waals surface area (Å²) in [4.78, 5) is 25.5. The van der Waals surface area contributed by atoms with Gasteiger partial charge in [0.25, 0.3) is 0 Å².